The highest BCUT2D eigenvalue weighted by Gasteiger charge is 2.20. The number of aromatic nitrogens is 3. The molecular weight excluding hydrogens is 228 g/mol. The molecule has 2 heterocycles. The van der Waals surface area contributed by atoms with Crippen molar-refractivity contribution in [3.8, 4) is 11.4 Å². The standard InChI is InChI=1S/C13H18N4O/c1-7-11(8(2)18-17-7)12-15-9(13(3,4)5)6-10(14)16-12/h6H,1-5H3,(H2,14,15,16). The zero-order valence-electron chi connectivity index (χ0n) is 11.4. The van der Waals surface area contributed by atoms with Crippen molar-refractivity contribution >= 4 is 5.82 Å². The molecule has 96 valence electrons. The molecule has 0 saturated heterocycles. The molecule has 0 unspecified atom stereocenters. The van der Waals surface area contributed by atoms with Gasteiger partial charge in [-0.05, 0) is 13.8 Å². The van der Waals surface area contributed by atoms with Crippen molar-refractivity contribution in [1.29, 1.82) is 0 Å². The van der Waals surface area contributed by atoms with Gasteiger partial charge in [0.05, 0.1) is 17.0 Å². The molecule has 0 atom stereocenters. The lowest BCUT2D eigenvalue weighted by atomic mass is 9.92. The first-order valence-corrected chi connectivity index (χ1v) is 5.87. The summed E-state index contributed by atoms with van der Waals surface area (Å²) in [5.41, 5.74) is 8.29. The molecule has 0 aliphatic heterocycles. The summed E-state index contributed by atoms with van der Waals surface area (Å²) < 4.78 is 5.14. The molecule has 5 heteroatoms. The molecule has 0 fully saturated rings. The van der Waals surface area contributed by atoms with E-state index in [2.05, 4.69) is 35.9 Å². The normalized spacial score (nSPS) is 11.8. The SMILES string of the molecule is Cc1noc(C)c1-c1nc(N)cc(C(C)(C)C)n1. The van der Waals surface area contributed by atoms with Gasteiger partial charge in [-0.15, -0.1) is 0 Å². The Balaban J connectivity index is 2.63. The van der Waals surface area contributed by atoms with Gasteiger partial charge in [0.15, 0.2) is 5.82 Å². The van der Waals surface area contributed by atoms with E-state index in [4.69, 9.17) is 10.3 Å². The Morgan fingerprint density at radius 1 is 1.17 bits per heavy atom. The number of aryl methyl sites for hydroxylation is 2. The third-order valence-electron chi connectivity index (χ3n) is 2.77. The van der Waals surface area contributed by atoms with E-state index in [1.807, 2.05) is 19.9 Å². The Labute approximate surface area is 106 Å². The van der Waals surface area contributed by atoms with E-state index in [1.54, 1.807) is 0 Å². The molecule has 0 saturated carbocycles. The number of rotatable bonds is 1. The Hall–Kier alpha value is -1.91. The van der Waals surface area contributed by atoms with Gasteiger partial charge in [-0.1, -0.05) is 25.9 Å². The van der Waals surface area contributed by atoms with Gasteiger partial charge in [-0.2, -0.15) is 0 Å². The molecule has 5 nitrogen and oxygen atoms in total. The maximum atomic E-state index is 5.86. The minimum Gasteiger partial charge on any atom is -0.384 e. The average molecular weight is 246 g/mol. The Morgan fingerprint density at radius 3 is 2.33 bits per heavy atom. The van der Waals surface area contributed by atoms with Crippen LogP contribution >= 0.6 is 0 Å². The lowest BCUT2D eigenvalue weighted by Crippen LogP contribution is -2.15. The fraction of sp³-hybridized carbons (Fsp3) is 0.462. The molecule has 2 rings (SSSR count). The van der Waals surface area contributed by atoms with Crippen molar-refractivity contribution in [1.82, 2.24) is 15.1 Å². The van der Waals surface area contributed by atoms with Crippen LogP contribution in [-0.4, -0.2) is 15.1 Å². The molecule has 0 aliphatic carbocycles. The van der Waals surface area contributed by atoms with Crippen molar-refractivity contribution in [2.45, 2.75) is 40.0 Å². The summed E-state index contributed by atoms with van der Waals surface area (Å²) in [6, 6.07) is 1.81. The van der Waals surface area contributed by atoms with Crippen molar-refractivity contribution < 1.29 is 4.52 Å². The predicted octanol–water partition coefficient (Wildman–Crippen LogP) is 2.63. The second-order valence-electron chi connectivity index (χ2n) is 5.45. The molecule has 2 aromatic heterocycles. The third kappa shape index (κ3) is 2.20. The fourth-order valence-corrected chi connectivity index (χ4v) is 1.76. The highest BCUT2D eigenvalue weighted by Crippen LogP contribution is 2.28. The van der Waals surface area contributed by atoms with E-state index in [0.29, 0.717) is 17.4 Å². The van der Waals surface area contributed by atoms with Crippen molar-refractivity contribution in [2.24, 2.45) is 0 Å². The van der Waals surface area contributed by atoms with Crippen LogP contribution in [0.25, 0.3) is 11.4 Å². The van der Waals surface area contributed by atoms with Gasteiger partial charge in [0.1, 0.15) is 11.6 Å². The highest BCUT2D eigenvalue weighted by atomic mass is 16.5. The van der Waals surface area contributed by atoms with E-state index in [-0.39, 0.29) is 5.41 Å². The van der Waals surface area contributed by atoms with Gasteiger partial charge >= 0.3 is 0 Å². The van der Waals surface area contributed by atoms with E-state index >= 15 is 0 Å². The van der Waals surface area contributed by atoms with Crippen LogP contribution in [0.15, 0.2) is 10.6 Å². The lowest BCUT2D eigenvalue weighted by molar-refractivity contribution is 0.393. The first-order valence-electron chi connectivity index (χ1n) is 5.87. The Morgan fingerprint density at radius 2 is 1.83 bits per heavy atom. The lowest BCUT2D eigenvalue weighted by Gasteiger charge is -2.18. The topological polar surface area (TPSA) is 77.8 Å². The number of nitrogens with two attached hydrogens (primary N) is 1. The van der Waals surface area contributed by atoms with Gasteiger partial charge in [0, 0.05) is 11.5 Å². The van der Waals surface area contributed by atoms with Gasteiger partial charge in [0.2, 0.25) is 0 Å². The molecular formula is C13H18N4O. The number of hydrogen-bond acceptors (Lipinski definition) is 5. The summed E-state index contributed by atoms with van der Waals surface area (Å²) in [6.07, 6.45) is 0. The van der Waals surface area contributed by atoms with Crippen molar-refractivity contribution in [3.05, 3.63) is 23.2 Å². The molecule has 2 aromatic rings. The maximum absolute atomic E-state index is 5.86. The molecule has 2 N–H and O–H groups in total. The first kappa shape index (κ1) is 12.5. The summed E-state index contributed by atoms with van der Waals surface area (Å²) in [4.78, 5) is 8.86. The van der Waals surface area contributed by atoms with E-state index in [0.717, 1.165) is 17.0 Å². The van der Waals surface area contributed by atoms with Crippen LogP contribution in [0.4, 0.5) is 5.82 Å². The summed E-state index contributed by atoms with van der Waals surface area (Å²) in [7, 11) is 0. The molecule has 0 aromatic carbocycles. The minimum atomic E-state index is -0.0786. The quantitative estimate of drug-likeness (QED) is 0.836. The molecule has 0 bridgehead atoms. The molecule has 0 amide bonds. The van der Waals surface area contributed by atoms with Crippen molar-refractivity contribution in [2.75, 3.05) is 5.73 Å². The van der Waals surface area contributed by atoms with Crippen LogP contribution in [0, 0.1) is 13.8 Å². The number of hydrogen-bond donors (Lipinski definition) is 1. The Kier molecular flexibility index (Phi) is 2.84. The molecule has 0 spiro atoms. The van der Waals surface area contributed by atoms with E-state index in [1.165, 1.54) is 0 Å². The zero-order valence-corrected chi connectivity index (χ0v) is 11.4. The Bertz CT molecular complexity index is 562. The molecule has 0 aliphatic rings. The van der Waals surface area contributed by atoms with Gasteiger partial charge in [-0.25, -0.2) is 9.97 Å². The van der Waals surface area contributed by atoms with Gasteiger partial charge in [-0.3, -0.25) is 0 Å². The largest absolute Gasteiger partial charge is 0.384 e. The van der Waals surface area contributed by atoms with Crippen LogP contribution < -0.4 is 5.73 Å². The second kappa shape index (κ2) is 4.08. The zero-order chi connectivity index (χ0) is 13.5. The summed E-state index contributed by atoms with van der Waals surface area (Å²) in [5, 5.41) is 3.92. The fourth-order valence-electron chi connectivity index (χ4n) is 1.76. The van der Waals surface area contributed by atoms with E-state index < -0.39 is 0 Å². The predicted molar refractivity (Wildman–Crippen MR) is 70.1 cm³/mol. The first-order chi connectivity index (χ1) is 8.29. The number of anilines is 1. The van der Waals surface area contributed by atoms with Crippen LogP contribution in [0.1, 0.15) is 37.9 Å². The summed E-state index contributed by atoms with van der Waals surface area (Å²) in [5.74, 6) is 1.75. The smallest absolute Gasteiger partial charge is 0.167 e. The van der Waals surface area contributed by atoms with Crippen LogP contribution in [-0.2, 0) is 5.41 Å². The van der Waals surface area contributed by atoms with Gasteiger partial charge < -0.3 is 10.3 Å². The van der Waals surface area contributed by atoms with Crippen LogP contribution in [0.3, 0.4) is 0 Å². The average Bonchev–Trinajstić information content (AvgIpc) is 2.56. The minimum absolute atomic E-state index is 0.0786. The van der Waals surface area contributed by atoms with Crippen molar-refractivity contribution in [3.63, 3.8) is 0 Å². The second-order valence-corrected chi connectivity index (χ2v) is 5.45. The van der Waals surface area contributed by atoms with Gasteiger partial charge in [0.25, 0.3) is 0 Å². The molecule has 18 heavy (non-hydrogen) atoms. The number of nitrogen functional groups attached to an aromatic ring is 1. The summed E-state index contributed by atoms with van der Waals surface area (Å²) in [6.45, 7) is 9.98. The van der Waals surface area contributed by atoms with Crippen LogP contribution in [0.2, 0.25) is 0 Å². The maximum Gasteiger partial charge on any atom is 0.167 e. The van der Waals surface area contributed by atoms with Crippen LogP contribution in [0.5, 0.6) is 0 Å². The van der Waals surface area contributed by atoms with E-state index in [9.17, 15) is 0 Å². The number of nitrogens with zero attached hydrogens (tertiary/aromatic N) is 3. The highest BCUT2D eigenvalue weighted by molar-refractivity contribution is 5.61. The summed E-state index contributed by atoms with van der Waals surface area (Å²) >= 11 is 0. The molecule has 0 radical (unpaired) electrons. The third-order valence-corrected chi connectivity index (χ3v) is 2.77. The monoisotopic (exact) mass is 246 g/mol.